The Bertz CT molecular complexity index is 519. The molecule has 1 aromatic carbocycles. The molecule has 1 aliphatic rings. The lowest BCUT2D eigenvalue weighted by molar-refractivity contribution is -0.147. The second kappa shape index (κ2) is 7.40. The van der Waals surface area contributed by atoms with Gasteiger partial charge in [0.25, 0.3) is 0 Å². The van der Waals surface area contributed by atoms with Crippen molar-refractivity contribution in [2.24, 2.45) is 0 Å². The highest BCUT2D eigenvalue weighted by atomic mass is 16.2. The predicted octanol–water partition coefficient (Wildman–Crippen LogP) is 1.20. The molecule has 1 saturated heterocycles. The average molecular weight is 303 g/mol. The Morgan fingerprint density at radius 1 is 1.14 bits per heavy atom. The second-order valence-electron chi connectivity index (χ2n) is 5.89. The normalized spacial score (nSPS) is 17.1. The van der Waals surface area contributed by atoms with Crippen molar-refractivity contribution in [3.63, 3.8) is 0 Å². The number of likely N-dealkylation sites (N-methyl/N-ethyl adjacent to an activating group) is 1. The fraction of sp³-hybridized carbons (Fsp3) is 0.529. The Kier molecular flexibility index (Phi) is 5.55. The minimum Gasteiger partial charge on any atom is -0.341 e. The third-order valence-electron chi connectivity index (χ3n) is 4.22. The maximum absolute atomic E-state index is 12.2. The Hall–Kier alpha value is -1.88. The Morgan fingerprint density at radius 3 is 2.27 bits per heavy atom. The first-order chi connectivity index (χ1) is 10.5. The van der Waals surface area contributed by atoms with Gasteiger partial charge in [-0.3, -0.25) is 9.59 Å². The highest BCUT2D eigenvalue weighted by Crippen LogP contribution is 2.14. The van der Waals surface area contributed by atoms with Crippen LogP contribution in [0.2, 0.25) is 0 Å². The van der Waals surface area contributed by atoms with Gasteiger partial charge in [0, 0.05) is 26.2 Å². The molecule has 22 heavy (non-hydrogen) atoms. The standard InChI is InChI=1S/C17H25N3O2/c1-4-14-5-7-15(8-6-14)13(2)18-16(21)17(22)20-11-9-19(3)10-12-20/h5-8,13H,4,9-12H2,1-3H3,(H,18,21). The molecule has 0 spiro atoms. The van der Waals surface area contributed by atoms with Crippen LogP contribution in [-0.4, -0.2) is 54.8 Å². The monoisotopic (exact) mass is 303 g/mol. The summed E-state index contributed by atoms with van der Waals surface area (Å²) in [5.74, 6) is -0.943. The number of amides is 2. The number of benzene rings is 1. The van der Waals surface area contributed by atoms with Crippen LogP contribution in [0.4, 0.5) is 0 Å². The molecule has 2 amide bonds. The van der Waals surface area contributed by atoms with Crippen molar-refractivity contribution in [1.29, 1.82) is 0 Å². The molecule has 5 nitrogen and oxygen atoms in total. The van der Waals surface area contributed by atoms with Crippen LogP contribution in [0.25, 0.3) is 0 Å². The molecule has 0 aliphatic carbocycles. The Morgan fingerprint density at radius 2 is 1.73 bits per heavy atom. The van der Waals surface area contributed by atoms with E-state index in [1.807, 2.05) is 26.1 Å². The summed E-state index contributed by atoms with van der Waals surface area (Å²) in [7, 11) is 2.02. The zero-order valence-electron chi connectivity index (χ0n) is 13.6. The third kappa shape index (κ3) is 4.07. The summed E-state index contributed by atoms with van der Waals surface area (Å²) in [5, 5.41) is 2.80. The summed E-state index contributed by atoms with van der Waals surface area (Å²) in [6.07, 6.45) is 0.989. The molecule has 5 heteroatoms. The smallest absolute Gasteiger partial charge is 0.311 e. The van der Waals surface area contributed by atoms with Crippen molar-refractivity contribution in [3.8, 4) is 0 Å². The van der Waals surface area contributed by atoms with Crippen molar-refractivity contribution < 1.29 is 9.59 Å². The van der Waals surface area contributed by atoms with E-state index in [0.29, 0.717) is 13.1 Å². The van der Waals surface area contributed by atoms with Gasteiger partial charge in [-0.15, -0.1) is 0 Å². The minimum atomic E-state index is -0.517. The number of hydrogen-bond donors (Lipinski definition) is 1. The first-order valence-electron chi connectivity index (χ1n) is 7.88. The molecule has 0 saturated carbocycles. The van der Waals surface area contributed by atoms with E-state index in [2.05, 4.69) is 29.3 Å². The minimum absolute atomic E-state index is 0.171. The van der Waals surface area contributed by atoms with Gasteiger partial charge in [0.2, 0.25) is 0 Å². The fourth-order valence-corrected chi connectivity index (χ4v) is 2.54. The van der Waals surface area contributed by atoms with Crippen LogP contribution in [0.1, 0.15) is 31.0 Å². The summed E-state index contributed by atoms with van der Waals surface area (Å²) in [5.41, 5.74) is 2.27. The number of carbonyl (C=O) groups is 2. The Labute approximate surface area is 132 Å². The molecular weight excluding hydrogens is 278 g/mol. The van der Waals surface area contributed by atoms with Gasteiger partial charge in [-0.1, -0.05) is 31.2 Å². The molecule has 1 heterocycles. The van der Waals surface area contributed by atoms with Crippen LogP contribution < -0.4 is 5.32 Å². The maximum Gasteiger partial charge on any atom is 0.311 e. The molecule has 1 N–H and O–H groups in total. The van der Waals surface area contributed by atoms with Crippen molar-refractivity contribution in [1.82, 2.24) is 15.1 Å². The number of rotatable bonds is 3. The number of piperazine rings is 1. The molecule has 0 aromatic heterocycles. The van der Waals surface area contributed by atoms with Gasteiger partial charge in [-0.05, 0) is 31.5 Å². The van der Waals surface area contributed by atoms with E-state index < -0.39 is 11.8 Å². The van der Waals surface area contributed by atoms with Crippen molar-refractivity contribution in [3.05, 3.63) is 35.4 Å². The van der Waals surface area contributed by atoms with Gasteiger partial charge >= 0.3 is 11.8 Å². The maximum atomic E-state index is 12.2. The van der Waals surface area contributed by atoms with Gasteiger partial charge in [-0.25, -0.2) is 0 Å². The molecule has 2 rings (SSSR count). The molecule has 1 aliphatic heterocycles. The summed E-state index contributed by atoms with van der Waals surface area (Å²) in [4.78, 5) is 28.1. The topological polar surface area (TPSA) is 52.7 Å². The number of nitrogens with zero attached hydrogens (tertiary/aromatic N) is 2. The molecule has 120 valence electrons. The van der Waals surface area contributed by atoms with Crippen molar-refractivity contribution in [2.75, 3.05) is 33.2 Å². The quantitative estimate of drug-likeness (QED) is 0.854. The van der Waals surface area contributed by atoms with Crippen molar-refractivity contribution >= 4 is 11.8 Å². The zero-order valence-corrected chi connectivity index (χ0v) is 13.6. The summed E-state index contributed by atoms with van der Waals surface area (Å²) in [6.45, 7) is 6.86. The highest BCUT2D eigenvalue weighted by Gasteiger charge is 2.25. The van der Waals surface area contributed by atoms with Crippen LogP contribution in [-0.2, 0) is 16.0 Å². The van der Waals surface area contributed by atoms with Gasteiger partial charge in [0.1, 0.15) is 0 Å². The first kappa shape index (κ1) is 16.5. The van der Waals surface area contributed by atoms with Gasteiger partial charge in [0.15, 0.2) is 0 Å². The lowest BCUT2D eigenvalue weighted by atomic mass is 10.0. The number of carbonyl (C=O) groups excluding carboxylic acids is 2. The molecule has 0 bridgehead atoms. The zero-order chi connectivity index (χ0) is 16.1. The number of aryl methyl sites for hydroxylation is 1. The van der Waals surface area contributed by atoms with Gasteiger partial charge in [0.05, 0.1) is 6.04 Å². The largest absolute Gasteiger partial charge is 0.341 e. The van der Waals surface area contributed by atoms with E-state index in [9.17, 15) is 9.59 Å². The molecular formula is C17H25N3O2. The number of nitrogens with one attached hydrogen (secondary N) is 1. The molecule has 0 radical (unpaired) electrons. The first-order valence-corrected chi connectivity index (χ1v) is 7.88. The van der Waals surface area contributed by atoms with Crippen LogP contribution in [0.15, 0.2) is 24.3 Å². The van der Waals surface area contributed by atoms with Crippen LogP contribution >= 0.6 is 0 Å². The van der Waals surface area contributed by atoms with Crippen molar-refractivity contribution in [2.45, 2.75) is 26.3 Å². The lowest BCUT2D eigenvalue weighted by Crippen LogP contribution is -2.51. The van der Waals surface area contributed by atoms with E-state index in [1.54, 1.807) is 4.90 Å². The second-order valence-corrected chi connectivity index (χ2v) is 5.89. The van der Waals surface area contributed by atoms with E-state index >= 15 is 0 Å². The summed E-state index contributed by atoms with van der Waals surface area (Å²) >= 11 is 0. The highest BCUT2D eigenvalue weighted by molar-refractivity contribution is 6.35. The van der Waals surface area contributed by atoms with Gasteiger partial charge in [-0.2, -0.15) is 0 Å². The van der Waals surface area contributed by atoms with E-state index in [0.717, 1.165) is 25.1 Å². The molecule has 1 atom stereocenters. The van der Waals surface area contributed by atoms with E-state index in [-0.39, 0.29) is 6.04 Å². The third-order valence-corrected chi connectivity index (χ3v) is 4.22. The van der Waals surface area contributed by atoms with Crippen LogP contribution in [0, 0.1) is 0 Å². The summed E-state index contributed by atoms with van der Waals surface area (Å²) < 4.78 is 0. The Balaban J connectivity index is 1.91. The van der Waals surface area contributed by atoms with E-state index in [1.165, 1.54) is 5.56 Å². The SMILES string of the molecule is CCc1ccc(C(C)NC(=O)C(=O)N2CCN(C)CC2)cc1. The predicted molar refractivity (Wildman–Crippen MR) is 86.5 cm³/mol. The summed E-state index contributed by atoms with van der Waals surface area (Å²) in [6, 6.07) is 7.95. The van der Waals surface area contributed by atoms with Gasteiger partial charge < -0.3 is 15.1 Å². The average Bonchev–Trinajstić information content (AvgIpc) is 2.54. The number of hydrogen-bond acceptors (Lipinski definition) is 3. The molecule has 1 unspecified atom stereocenters. The van der Waals surface area contributed by atoms with Crippen LogP contribution in [0.3, 0.4) is 0 Å². The molecule has 1 aromatic rings. The lowest BCUT2D eigenvalue weighted by Gasteiger charge is -2.32. The van der Waals surface area contributed by atoms with E-state index in [4.69, 9.17) is 0 Å². The fourth-order valence-electron chi connectivity index (χ4n) is 2.54. The van der Waals surface area contributed by atoms with Crippen LogP contribution in [0.5, 0.6) is 0 Å². The molecule has 1 fully saturated rings.